The van der Waals surface area contributed by atoms with Crippen molar-refractivity contribution in [1.29, 1.82) is 0 Å². The maximum atomic E-state index is 12.3. The van der Waals surface area contributed by atoms with Crippen molar-refractivity contribution in [2.45, 2.75) is 20.0 Å². The van der Waals surface area contributed by atoms with Crippen LogP contribution in [0.1, 0.15) is 17.3 Å². The monoisotopic (exact) mass is 351 g/mol. The number of hydrogen-bond donors (Lipinski definition) is 1. The maximum absolute atomic E-state index is 12.3. The first-order valence-corrected chi connectivity index (χ1v) is 8.33. The van der Waals surface area contributed by atoms with Gasteiger partial charge in [-0.3, -0.25) is 9.20 Å². The number of aryl methyl sites for hydroxylation is 1. The molecule has 3 heterocycles. The number of carbonyl (C=O) groups excluding carboxylic acids is 1. The van der Waals surface area contributed by atoms with Crippen LogP contribution < -0.4 is 11.0 Å². The number of amides is 1. The van der Waals surface area contributed by atoms with E-state index in [1.54, 1.807) is 35.1 Å². The smallest absolute Gasteiger partial charge is 0.350 e. The van der Waals surface area contributed by atoms with Gasteiger partial charge in [0, 0.05) is 24.8 Å². The van der Waals surface area contributed by atoms with Gasteiger partial charge in [0.25, 0.3) is 5.91 Å². The zero-order valence-corrected chi connectivity index (χ0v) is 14.2. The van der Waals surface area contributed by atoms with Crippen LogP contribution in [0.5, 0.6) is 0 Å². The van der Waals surface area contributed by atoms with Crippen molar-refractivity contribution in [3.8, 4) is 0 Å². The summed E-state index contributed by atoms with van der Waals surface area (Å²) < 4.78 is 4.57. The molecule has 0 aliphatic carbocycles. The second-order valence-corrected chi connectivity index (χ2v) is 5.80. The zero-order valence-electron chi connectivity index (χ0n) is 14.2. The van der Waals surface area contributed by atoms with Crippen LogP contribution in [0.2, 0.25) is 0 Å². The first-order valence-electron chi connectivity index (χ1n) is 8.33. The van der Waals surface area contributed by atoms with E-state index in [2.05, 4.69) is 20.7 Å². The summed E-state index contributed by atoms with van der Waals surface area (Å²) in [6, 6.07) is 10.6. The fourth-order valence-corrected chi connectivity index (χ4v) is 2.84. The van der Waals surface area contributed by atoms with Crippen molar-refractivity contribution in [2.24, 2.45) is 0 Å². The molecule has 0 saturated carbocycles. The first kappa shape index (κ1) is 16.0. The number of benzene rings is 1. The lowest BCUT2D eigenvalue weighted by Crippen LogP contribution is -2.31. The minimum Gasteiger partial charge on any atom is -0.350 e. The number of aromatic nitrogens is 6. The Labute approximate surface area is 147 Å². The Morgan fingerprint density at radius 3 is 2.88 bits per heavy atom. The van der Waals surface area contributed by atoms with Crippen molar-refractivity contribution < 1.29 is 4.79 Å². The van der Waals surface area contributed by atoms with Crippen LogP contribution in [-0.4, -0.2) is 41.6 Å². The number of carbonyl (C=O) groups is 1. The Morgan fingerprint density at radius 1 is 1.19 bits per heavy atom. The van der Waals surface area contributed by atoms with Gasteiger partial charge in [0.05, 0.1) is 12.1 Å². The maximum Gasteiger partial charge on any atom is 0.350 e. The summed E-state index contributed by atoms with van der Waals surface area (Å²) in [5, 5.41) is 15.1. The van der Waals surface area contributed by atoms with Gasteiger partial charge in [0.2, 0.25) is 0 Å². The molecular formula is C17H17N7O2. The van der Waals surface area contributed by atoms with E-state index in [4.69, 9.17) is 0 Å². The molecule has 0 spiro atoms. The molecule has 0 atom stereocenters. The number of rotatable bonds is 5. The van der Waals surface area contributed by atoms with Gasteiger partial charge in [-0.05, 0) is 37.3 Å². The van der Waals surface area contributed by atoms with Crippen LogP contribution in [0.3, 0.4) is 0 Å². The van der Waals surface area contributed by atoms with Crippen LogP contribution in [0.25, 0.3) is 16.7 Å². The Bertz CT molecular complexity index is 1150. The molecule has 9 heteroatoms. The van der Waals surface area contributed by atoms with Crippen molar-refractivity contribution in [3.05, 3.63) is 58.6 Å². The third kappa shape index (κ3) is 2.73. The summed E-state index contributed by atoms with van der Waals surface area (Å²) in [4.78, 5) is 24.5. The lowest BCUT2D eigenvalue weighted by atomic mass is 10.2. The van der Waals surface area contributed by atoms with Crippen LogP contribution in [0.15, 0.2) is 47.4 Å². The van der Waals surface area contributed by atoms with E-state index in [0.29, 0.717) is 29.8 Å². The molecule has 9 nitrogen and oxygen atoms in total. The number of hydrogen-bond acceptors (Lipinski definition) is 5. The van der Waals surface area contributed by atoms with Crippen LogP contribution >= 0.6 is 0 Å². The average molecular weight is 351 g/mol. The van der Waals surface area contributed by atoms with E-state index in [9.17, 15) is 9.59 Å². The highest BCUT2D eigenvalue weighted by atomic mass is 16.2. The Balaban J connectivity index is 1.45. The van der Waals surface area contributed by atoms with Crippen LogP contribution in [0.4, 0.5) is 0 Å². The summed E-state index contributed by atoms with van der Waals surface area (Å²) in [5.41, 5.74) is 2.42. The fourth-order valence-electron chi connectivity index (χ4n) is 2.84. The average Bonchev–Trinajstić information content (AvgIpc) is 3.22. The van der Waals surface area contributed by atoms with Crippen molar-refractivity contribution in [2.75, 3.05) is 6.54 Å². The summed E-state index contributed by atoms with van der Waals surface area (Å²) in [7, 11) is 0. The molecule has 0 bridgehead atoms. The third-order valence-electron chi connectivity index (χ3n) is 4.17. The molecule has 1 amide bonds. The lowest BCUT2D eigenvalue weighted by Gasteiger charge is -2.05. The standard InChI is InChI=1S/C17H17N7O2/c1-2-23-14-7-6-12(11-13(14)19-21-23)16(25)18-8-10-24-17(26)22-9-4-3-5-15(22)20-24/h3-7,9,11H,2,8,10H2,1H3,(H,18,25). The third-order valence-corrected chi connectivity index (χ3v) is 4.17. The molecule has 4 aromatic rings. The van der Waals surface area contributed by atoms with Gasteiger partial charge in [-0.1, -0.05) is 11.3 Å². The zero-order chi connectivity index (χ0) is 18.1. The molecular weight excluding hydrogens is 334 g/mol. The van der Waals surface area contributed by atoms with Crippen molar-refractivity contribution in [3.63, 3.8) is 0 Å². The highest BCUT2D eigenvalue weighted by molar-refractivity contribution is 5.97. The van der Waals surface area contributed by atoms with Gasteiger partial charge >= 0.3 is 5.69 Å². The molecule has 3 aromatic heterocycles. The van der Waals surface area contributed by atoms with E-state index in [1.165, 1.54) is 9.08 Å². The summed E-state index contributed by atoms with van der Waals surface area (Å²) in [6.45, 7) is 3.29. The van der Waals surface area contributed by atoms with Crippen LogP contribution in [-0.2, 0) is 13.1 Å². The highest BCUT2D eigenvalue weighted by Crippen LogP contribution is 2.13. The molecule has 0 aliphatic heterocycles. The lowest BCUT2D eigenvalue weighted by molar-refractivity contribution is 0.0952. The molecule has 0 aliphatic rings. The molecule has 0 saturated heterocycles. The number of nitrogens with zero attached hydrogens (tertiary/aromatic N) is 6. The number of nitrogens with one attached hydrogen (secondary N) is 1. The Kier molecular flexibility index (Phi) is 3.96. The second-order valence-electron chi connectivity index (χ2n) is 5.80. The number of pyridine rings is 1. The molecule has 1 aromatic carbocycles. The van der Waals surface area contributed by atoms with Gasteiger partial charge in [-0.2, -0.15) is 0 Å². The minimum atomic E-state index is -0.229. The quantitative estimate of drug-likeness (QED) is 0.570. The molecule has 26 heavy (non-hydrogen) atoms. The molecule has 1 N–H and O–H groups in total. The van der Waals surface area contributed by atoms with Gasteiger partial charge in [-0.15, -0.1) is 10.2 Å². The Hall–Kier alpha value is -3.49. The normalized spacial score (nSPS) is 11.3. The van der Waals surface area contributed by atoms with E-state index >= 15 is 0 Å². The van der Waals surface area contributed by atoms with Crippen molar-refractivity contribution in [1.82, 2.24) is 34.5 Å². The highest BCUT2D eigenvalue weighted by Gasteiger charge is 2.10. The fraction of sp³-hybridized carbons (Fsp3) is 0.235. The molecule has 0 fully saturated rings. The van der Waals surface area contributed by atoms with Gasteiger partial charge in [0.1, 0.15) is 5.52 Å². The van der Waals surface area contributed by atoms with E-state index < -0.39 is 0 Å². The summed E-state index contributed by atoms with van der Waals surface area (Å²) >= 11 is 0. The Morgan fingerprint density at radius 2 is 2.08 bits per heavy atom. The molecule has 0 radical (unpaired) electrons. The van der Waals surface area contributed by atoms with Gasteiger partial charge in [0.15, 0.2) is 5.65 Å². The SMILES string of the molecule is CCn1nnc2cc(C(=O)NCCn3nc4ccccn4c3=O)ccc21. The number of fused-ring (bicyclic) bond motifs is 2. The van der Waals surface area contributed by atoms with E-state index in [-0.39, 0.29) is 11.6 Å². The molecule has 0 unspecified atom stereocenters. The molecule has 4 rings (SSSR count). The summed E-state index contributed by atoms with van der Waals surface area (Å²) in [6.07, 6.45) is 1.67. The van der Waals surface area contributed by atoms with E-state index in [0.717, 1.165) is 12.1 Å². The van der Waals surface area contributed by atoms with E-state index in [1.807, 2.05) is 19.1 Å². The first-order chi connectivity index (χ1) is 12.7. The summed E-state index contributed by atoms with van der Waals surface area (Å²) in [5.74, 6) is -0.227. The topological polar surface area (TPSA) is 99.1 Å². The predicted molar refractivity (Wildman–Crippen MR) is 95.0 cm³/mol. The van der Waals surface area contributed by atoms with Crippen molar-refractivity contribution >= 4 is 22.6 Å². The largest absolute Gasteiger partial charge is 0.350 e. The second kappa shape index (κ2) is 6.43. The minimum absolute atomic E-state index is 0.227. The van der Waals surface area contributed by atoms with Gasteiger partial charge < -0.3 is 5.32 Å². The van der Waals surface area contributed by atoms with Gasteiger partial charge in [-0.25, -0.2) is 14.2 Å². The predicted octanol–water partition coefficient (Wildman–Crippen LogP) is 0.691. The molecule has 132 valence electrons. The van der Waals surface area contributed by atoms with Crippen LogP contribution in [0, 0.1) is 0 Å².